The highest BCUT2D eigenvalue weighted by molar-refractivity contribution is 5.46. The Hall–Kier alpha value is -0.970. The van der Waals surface area contributed by atoms with Crippen LogP contribution in [0.15, 0.2) is 0 Å². The highest BCUT2D eigenvalue weighted by atomic mass is 16.1. The van der Waals surface area contributed by atoms with Crippen LogP contribution in [0.2, 0.25) is 0 Å². The molecule has 1 N–H and O–H groups in total. The molecule has 10 heavy (non-hydrogen) atoms. The van der Waals surface area contributed by atoms with Gasteiger partial charge in [0, 0.05) is 18.9 Å². The molecule has 2 nitrogen and oxygen atoms in total. The molecular weight excluding hydrogens is 126 g/mol. The molecular formula is C8H12NO. The van der Waals surface area contributed by atoms with E-state index in [1.165, 1.54) is 0 Å². The van der Waals surface area contributed by atoms with E-state index in [1.807, 2.05) is 13.8 Å². The van der Waals surface area contributed by atoms with E-state index in [1.54, 1.807) is 6.41 Å². The van der Waals surface area contributed by atoms with Crippen molar-refractivity contribution in [2.24, 2.45) is 5.92 Å². The molecule has 1 amide bonds. The van der Waals surface area contributed by atoms with Crippen molar-refractivity contribution in [1.82, 2.24) is 5.32 Å². The summed E-state index contributed by atoms with van der Waals surface area (Å²) >= 11 is 0. The number of hydrogen-bond donors (Lipinski definition) is 1. The van der Waals surface area contributed by atoms with Crippen molar-refractivity contribution < 1.29 is 4.79 Å². The Kier molecular flexibility index (Phi) is 5.56. The van der Waals surface area contributed by atoms with Gasteiger partial charge in [0.1, 0.15) is 0 Å². The van der Waals surface area contributed by atoms with Crippen molar-refractivity contribution in [3.8, 4) is 11.8 Å². The summed E-state index contributed by atoms with van der Waals surface area (Å²) in [5.74, 6) is 6.33. The normalized spacial score (nSPS) is 8.30. The quantitative estimate of drug-likeness (QED) is 0.347. The Morgan fingerprint density at radius 2 is 2.20 bits per heavy atom. The van der Waals surface area contributed by atoms with Crippen LogP contribution in [-0.2, 0) is 4.79 Å². The lowest BCUT2D eigenvalue weighted by atomic mass is 10.2. The van der Waals surface area contributed by atoms with Crippen LogP contribution in [0.5, 0.6) is 0 Å². The van der Waals surface area contributed by atoms with Gasteiger partial charge < -0.3 is 5.32 Å². The van der Waals surface area contributed by atoms with Gasteiger partial charge in [-0.3, -0.25) is 4.79 Å². The fourth-order valence-electron chi connectivity index (χ4n) is 0.452. The van der Waals surface area contributed by atoms with Crippen molar-refractivity contribution in [2.45, 2.75) is 20.3 Å². The molecule has 0 saturated carbocycles. The summed E-state index contributed by atoms with van der Waals surface area (Å²) in [4.78, 5) is 9.62. The van der Waals surface area contributed by atoms with Gasteiger partial charge in [-0.25, -0.2) is 0 Å². The molecule has 0 rings (SSSR count). The number of rotatable bonds is 3. The van der Waals surface area contributed by atoms with Crippen molar-refractivity contribution in [1.29, 1.82) is 0 Å². The van der Waals surface area contributed by atoms with Crippen LogP contribution >= 0.6 is 0 Å². The molecule has 0 aromatic heterocycles. The van der Waals surface area contributed by atoms with Crippen molar-refractivity contribution >= 4 is 6.41 Å². The topological polar surface area (TPSA) is 29.1 Å². The average molecular weight is 138 g/mol. The lowest BCUT2D eigenvalue weighted by Gasteiger charge is -1.89. The molecule has 0 aromatic carbocycles. The summed E-state index contributed by atoms with van der Waals surface area (Å²) in [5.41, 5.74) is 0. The van der Waals surface area contributed by atoms with Crippen molar-refractivity contribution in [3.63, 3.8) is 0 Å². The van der Waals surface area contributed by atoms with Gasteiger partial charge >= 0.3 is 6.41 Å². The predicted molar refractivity (Wildman–Crippen MR) is 40.9 cm³/mol. The Bertz CT molecular complexity index is 141. The van der Waals surface area contributed by atoms with E-state index >= 15 is 0 Å². The van der Waals surface area contributed by atoms with E-state index in [9.17, 15) is 4.79 Å². The summed E-state index contributed by atoms with van der Waals surface area (Å²) in [5, 5.41) is 2.41. The van der Waals surface area contributed by atoms with Crippen LogP contribution in [-0.4, -0.2) is 13.0 Å². The second kappa shape index (κ2) is 6.15. The molecule has 0 aliphatic heterocycles. The summed E-state index contributed by atoms with van der Waals surface area (Å²) in [6.07, 6.45) is 2.30. The van der Waals surface area contributed by atoms with Crippen molar-refractivity contribution in [3.05, 3.63) is 0 Å². The number of hydrogen-bond acceptors (Lipinski definition) is 1. The molecule has 2 heteroatoms. The smallest absolute Gasteiger partial charge is 0.309 e. The first-order valence-corrected chi connectivity index (χ1v) is 3.35. The molecule has 0 aliphatic carbocycles. The van der Waals surface area contributed by atoms with E-state index in [4.69, 9.17) is 0 Å². The maximum Gasteiger partial charge on any atom is 0.309 e. The van der Waals surface area contributed by atoms with Crippen LogP contribution in [0.4, 0.5) is 0 Å². The van der Waals surface area contributed by atoms with Gasteiger partial charge in [0.25, 0.3) is 0 Å². The molecule has 0 fully saturated rings. The number of amides is 1. The van der Waals surface area contributed by atoms with Gasteiger partial charge in [-0.15, -0.1) is 11.8 Å². The van der Waals surface area contributed by atoms with Gasteiger partial charge in [0.15, 0.2) is 0 Å². The van der Waals surface area contributed by atoms with Crippen molar-refractivity contribution in [2.75, 3.05) is 6.54 Å². The minimum atomic E-state index is 0.417. The van der Waals surface area contributed by atoms with E-state index < -0.39 is 0 Å². The predicted octanol–water partition coefficient (Wildman–Crippen LogP) is 0.693. The van der Waals surface area contributed by atoms with Gasteiger partial charge in [-0.1, -0.05) is 13.8 Å². The molecule has 0 aliphatic rings. The molecule has 0 saturated heterocycles. The van der Waals surface area contributed by atoms with Crippen LogP contribution in [0.1, 0.15) is 20.3 Å². The lowest BCUT2D eigenvalue weighted by Crippen LogP contribution is -2.10. The zero-order chi connectivity index (χ0) is 7.82. The summed E-state index contributed by atoms with van der Waals surface area (Å²) in [7, 11) is 0. The molecule has 1 radical (unpaired) electrons. The molecule has 0 heterocycles. The fraction of sp³-hybridized carbons (Fsp3) is 0.625. The maximum atomic E-state index is 9.62. The second-order valence-corrected chi connectivity index (χ2v) is 2.25. The molecule has 0 atom stereocenters. The molecule has 0 aromatic rings. The molecule has 55 valence electrons. The van der Waals surface area contributed by atoms with E-state index in [2.05, 4.69) is 17.2 Å². The summed E-state index contributed by atoms with van der Waals surface area (Å²) in [6.45, 7) is 4.67. The zero-order valence-corrected chi connectivity index (χ0v) is 6.40. The zero-order valence-electron chi connectivity index (χ0n) is 6.40. The van der Waals surface area contributed by atoms with E-state index in [0.29, 0.717) is 18.9 Å². The SMILES string of the molecule is CC(C)C#CCCN[C]=O. The largest absolute Gasteiger partial charge is 0.347 e. The highest BCUT2D eigenvalue weighted by Crippen LogP contribution is 1.85. The third kappa shape index (κ3) is 7.03. The van der Waals surface area contributed by atoms with E-state index in [0.717, 1.165) is 0 Å². The first-order chi connectivity index (χ1) is 4.77. The monoisotopic (exact) mass is 138 g/mol. The molecule has 0 bridgehead atoms. The average Bonchev–Trinajstić information content (AvgIpc) is 1.87. The minimum absolute atomic E-state index is 0.417. The van der Waals surface area contributed by atoms with Gasteiger partial charge in [-0.2, -0.15) is 0 Å². The first kappa shape index (κ1) is 9.03. The third-order valence-electron chi connectivity index (χ3n) is 0.838. The summed E-state index contributed by atoms with van der Waals surface area (Å²) in [6, 6.07) is 0. The Morgan fingerprint density at radius 1 is 1.50 bits per heavy atom. The fourth-order valence-corrected chi connectivity index (χ4v) is 0.452. The van der Waals surface area contributed by atoms with Crippen LogP contribution < -0.4 is 5.32 Å². The number of carbonyl (C=O) groups excluding carboxylic acids is 1. The summed E-state index contributed by atoms with van der Waals surface area (Å²) < 4.78 is 0. The van der Waals surface area contributed by atoms with Crippen LogP contribution in [0.3, 0.4) is 0 Å². The highest BCUT2D eigenvalue weighted by Gasteiger charge is 1.81. The third-order valence-corrected chi connectivity index (χ3v) is 0.838. The lowest BCUT2D eigenvalue weighted by molar-refractivity contribution is 0.543. The van der Waals surface area contributed by atoms with Crippen LogP contribution in [0, 0.1) is 17.8 Å². The van der Waals surface area contributed by atoms with E-state index in [-0.39, 0.29) is 0 Å². The van der Waals surface area contributed by atoms with Crippen LogP contribution in [0.25, 0.3) is 0 Å². The first-order valence-electron chi connectivity index (χ1n) is 3.35. The maximum absolute atomic E-state index is 9.62. The Labute approximate surface area is 62.0 Å². The Morgan fingerprint density at radius 3 is 2.70 bits per heavy atom. The Balaban J connectivity index is 3.20. The number of nitrogens with one attached hydrogen (secondary N) is 1. The second-order valence-electron chi connectivity index (χ2n) is 2.25. The minimum Gasteiger partial charge on any atom is -0.347 e. The van der Waals surface area contributed by atoms with Gasteiger partial charge in [0.2, 0.25) is 0 Å². The standard InChI is InChI=1S/C8H12NO/c1-8(2)5-3-4-6-9-7-10/h8H,4,6H2,1-2H3,(H,9,10). The van der Waals surface area contributed by atoms with Gasteiger partial charge in [-0.05, 0) is 0 Å². The molecule has 0 spiro atoms. The molecule has 0 unspecified atom stereocenters. The van der Waals surface area contributed by atoms with Gasteiger partial charge in [0.05, 0.1) is 0 Å².